The van der Waals surface area contributed by atoms with Crippen molar-refractivity contribution in [3.8, 4) is 0 Å². The van der Waals surface area contributed by atoms with Gasteiger partial charge in [-0.15, -0.1) is 0 Å². The van der Waals surface area contributed by atoms with Crippen LogP contribution in [0.4, 0.5) is 5.69 Å². The molecule has 0 fully saturated rings. The lowest BCUT2D eigenvalue weighted by molar-refractivity contribution is 0.0956. The summed E-state index contributed by atoms with van der Waals surface area (Å²) in [6.07, 6.45) is 2.63. The smallest absolute Gasteiger partial charge is 0.251 e. The summed E-state index contributed by atoms with van der Waals surface area (Å²) in [6.45, 7) is 0.601. The van der Waals surface area contributed by atoms with Gasteiger partial charge in [0, 0.05) is 34.9 Å². The Bertz CT molecular complexity index is 759. The standard InChI is InChI=1S/C17H17N3O/c18-13-6-4-12(5-7-13)8-10-20-17(21)15-2-1-3-16-14(15)9-11-19-16/h1-7,9,11,19H,8,10,18H2,(H,20,21). The predicted octanol–water partition coefficient (Wildman–Crippen LogP) is 2.72. The van der Waals surface area contributed by atoms with Crippen molar-refractivity contribution in [3.63, 3.8) is 0 Å². The fourth-order valence-corrected chi connectivity index (χ4v) is 2.38. The van der Waals surface area contributed by atoms with Gasteiger partial charge in [0.15, 0.2) is 0 Å². The Morgan fingerprint density at radius 2 is 1.90 bits per heavy atom. The van der Waals surface area contributed by atoms with Crippen LogP contribution in [0.15, 0.2) is 54.7 Å². The first-order valence-electron chi connectivity index (χ1n) is 6.93. The first-order valence-corrected chi connectivity index (χ1v) is 6.93. The SMILES string of the molecule is Nc1ccc(CCNC(=O)c2cccc3[nH]ccc23)cc1. The Morgan fingerprint density at radius 3 is 2.71 bits per heavy atom. The Kier molecular flexibility index (Phi) is 3.60. The number of hydrogen-bond acceptors (Lipinski definition) is 2. The van der Waals surface area contributed by atoms with Gasteiger partial charge < -0.3 is 16.0 Å². The molecule has 0 aliphatic heterocycles. The average molecular weight is 279 g/mol. The monoisotopic (exact) mass is 279 g/mol. The van der Waals surface area contributed by atoms with Crippen molar-refractivity contribution in [2.24, 2.45) is 0 Å². The van der Waals surface area contributed by atoms with Crippen molar-refractivity contribution in [1.82, 2.24) is 10.3 Å². The zero-order chi connectivity index (χ0) is 14.7. The maximum absolute atomic E-state index is 12.3. The number of rotatable bonds is 4. The Labute approximate surface area is 123 Å². The predicted molar refractivity (Wildman–Crippen MR) is 85.2 cm³/mol. The van der Waals surface area contributed by atoms with Gasteiger partial charge in [0.25, 0.3) is 5.91 Å². The fourth-order valence-electron chi connectivity index (χ4n) is 2.38. The molecule has 0 atom stereocenters. The molecular formula is C17H17N3O. The number of carbonyl (C=O) groups excluding carboxylic acids is 1. The summed E-state index contributed by atoms with van der Waals surface area (Å²) in [4.78, 5) is 15.4. The van der Waals surface area contributed by atoms with E-state index in [1.807, 2.05) is 54.7 Å². The van der Waals surface area contributed by atoms with Gasteiger partial charge in [0.2, 0.25) is 0 Å². The molecule has 4 nitrogen and oxygen atoms in total. The summed E-state index contributed by atoms with van der Waals surface area (Å²) in [6, 6.07) is 15.3. The highest BCUT2D eigenvalue weighted by Gasteiger charge is 2.09. The molecule has 4 heteroatoms. The molecule has 2 aromatic carbocycles. The van der Waals surface area contributed by atoms with Gasteiger partial charge in [-0.1, -0.05) is 18.2 Å². The number of aromatic nitrogens is 1. The van der Waals surface area contributed by atoms with Gasteiger partial charge in [-0.25, -0.2) is 0 Å². The van der Waals surface area contributed by atoms with Crippen LogP contribution in [0.25, 0.3) is 10.9 Å². The van der Waals surface area contributed by atoms with Gasteiger partial charge >= 0.3 is 0 Å². The van der Waals surface area contributed by atoms with Crippen LogP contribution in [0, 0.1) is 0 Å². The van der Waals surface area contributed by atoms with Gasteiger partial charge in [-0.05, 0) is 42.3 Å². The number of carbonyl (C=O) groups is 1. The van der Waals surface area contributed by atoms with E-state index in [2.05, 4.69) is 10.3 Å². The van der Waals surface area contributed by atoms with Crippen LogP contribution in [0.5, 0.6) is 0 Å². The fraction of sp³-hybridized carbons (Fsp3) is 0.118. The Hall–Kier alpha value is -2.75. The van der Waals surface area contributed by atoms with E-state index in [1.54, 1.807) is 0 Å². The van der Waals surface area contributed by atoms with E-state index in [4.69, 9.17) is 5.73 Å². The van der Waals surface area contributed by atoms with Gasteiger partial charge in [-0.3, -0.25) is 4.79 Å². The first-order chi connectivity index (χ1) is 10.2. The van der Waals surface area contributed by atoms with Crippen molar-refractivity contribution in [3.05, 3.63) is 65.9 Å². The van der Waals surface area contributed by atoms with Crippen molar-refractivity contribution in [2.75, 3.05) is 12.3 Å². The molecule has 106 valence electrons. The molecule has 0 aliphatic rings. The molecular weight excluding hydrogens is 262 g/mol. The van der Waals surface area contributed by atoms with E-state index in [0.717, 1.165) is 28.6 Å². The summed E-state index contributed by atoms with van der Waals surface area (Å²) >= 11 is 0. The molecule has 1 amide bonds. The summed E-state index contributed by atoms with van der Waals surface area (Å²) in [5.41, 5.74) is 9.23. The molecule has 0 saturated heterocycles. The molecule has 1 heterocycles. The Morgan fingerprint density at radius 1 is 1.10 bits per heavy atom. The highest BCUT2D eigenvalue weighted by molar-refractivity contribution is 6.06. The van der Waals surface area contributed by atoms with Gasteiger partial charge in [0.1, 0.15) is 0 Å². The Balaban J connectivity index is 1.64. The molecule has 0 unspecified atom stereocenters. The minimum atomic E-state index is -0.0457. The van der Waals surface area contributed by atoms with Crippen LogP contribution in [0.1, 0.15) is 15.9 Å². The normalized spacial score (nSPS) is 10.7. The summed E-state index contributed by atoms with van der Waals surface area (Å²) in [5.74, 6) is -0.0457. The molecule has 0 bridgehead atoms. The lowest BCUT2D eigenvalue weighted by Gasteiger charge is -2.07. The van der Waals surface area contributed by atoms with E-state index >= 15 is 0 Å². The lowest BCUT2D eigenvalue weighted by atomic mass is 10.1. The maximum Gasteiger partial charge on any atom is 0.251 e. The molecule has 4 N–H and O–H groups in total. The number of anilines is 1. The molecule has 21 heavy (non-hydrogen) atoms. The quantitative estimate of drug-likeness (QED) is 0.643. The lowest BCUT2D eigenvalue weighted by Crippen LogP contribution is -2.25. The topological polar surface area (TPSA) is 70.9 Å². The van der Waals surface area contributed by atoms with Crippen LogP contribution in [0.2, 0.25) is 0 Å². The number of nitrogen functional groups attached to an aromatic ring is 1. The maximum atomic E-state index is 12.3. The van der Waals surface area contributed by atoms with Crippen LogP contribution < -0.4 is 11.1 Å². The molecule has 1 aromatic heterocycles. The van der Waals surface area contributed by atoms with Gasteiger partial charge in [0.05, 0.1) is 0 Å². The second-order valence-corrected chi connectivity index (χ2v) is 4.99. The third-order valence-corrected chi connectivity index (χ3v) is 3.52. The second kappa shape index (κ2) is 5.71. The van der Waals surface area contributed by atoms with Crippen LogP contribution in [0.3, 0.4) is 0 Å². The summed E-state index contributed by atoms with van der Waals surface area (Å²) < 4.78 is 0. The van der Waals surface area contributed by atoms with Crippen molar-refractivity contribution in [1.29, 1.82) is 0 Å². The molecule has 0 spiro atoms. The van der Waals surface area contributed by atoms with Crippen LogP contribution >= 0.6 is 0 Å². The number of hydrogen-bond donors (Lipinski definition) is 3. The van der Waals surface area contributed by atoms with Gasteiger partial charge in [-0.2, -0.15) is 0 Å². The molecule has 3 aromatic rings. The van der Waals surface area contributed by atoms with Crippen LogP contribution in [-0.2, 0) is 6.42 Å². The number of amides is 1. The third-order valence-electron chi connectivity index (χ3n) is 3.52. The molecule has 0 radical (unpaired) electrons. The molecule has 3 rings (SSSR count). The molecule has 0 aliphatic carbocycles. The van der Waals surface area contributed by atoms with E-state index in [-0.39, 0.29) is 5.91 Å². The van der Waals surface area contributed by atoms with Crippen LogP contribution in [-0.4, -0.2) is 17.4 Å². The highest BCUT2D eigenvalue weighted by atomic mass is 16.1. The number of nitrogens with two attached hydrogens (primary N) is 1. The van der Waals surface area contributed by atoms with E-state index in [9.17, 15) is 4.79 Å². The number of nitrogens with one attached hydrogen (secondary N) is 2. The average Bonchev–Trinajstić information content (AvgIpc) is 2.97. The summed E-state index contributed by atoms with van der Waals surface area (Å²) in [7, 11) is 0. The van der Waals surface area contributed by atoms with E-state index in [1.165, 1.54) is 0 Å². The largest absolute Gasteiger partial charge is 0.399 e. The minimum Gasteiger partial charge on any atom is -0.399 e. The zero-order valence-electron chi connectivity index (χ0n) is 11.6. The van der Waals surface area contributed by atoms with Crippen molar-refractivity contribution < 1.29 is 4.79 Å². The number of fused-ring (bicyclic) bond motifs is 1. The second-order valence-electron chi connectivity index (χ2n) is 4.99. The highest BCUT2D eigenvalue weighted by Crippen LogP contribution is 2.17. The van der Waals surface area contributed by atoms with E-state index in [0.29, 0.717) is 12.1 Å². The van der Waals surface area contributed by atoms with Crippen molar-refractivity contribution in [2.45, 2.75) is 6.42 Å². The number of benzene rings is 2. The third kappa shape index (κ3) is 2.89. The van der Waals surface area contributed by atoms with Crippen molar-refractivity contribution >= 4 is 22.5 Å². The van der Waals surface area contributed by atoms with E-state index < -0.39 is 0 Å². The number of H-pyrrole nitrogens is 1. The zero-order valence-corrected chi connectivity index (χ0v) is 11.6. The number of aromatic amines is 1. The first kappa shape index (κ1) is 13.2. The minimum absolute atomic E-state index is 0.0457. The molecule has 0 saturated carbocycles. The summed E-state index contributed by atoms with van der Waals surface area (Å²) in [5, 5.41) is 3.91.